The van der Waals surface area contributed by atoms with E-state index in [0.717, 1.165) is 57.6 Å². The van der Waals surface area contributed by atoms with Gasteiger partial charge in [-0.2, -0.15) is 0 Å². The van der Waals surface area contributed by atoms with Gasteiger partial charge >= 0.3 is 6.03 Å². The van der Waals surface area contributed by atoms with Gasteiger partial charge in [-0.05, 0) is 55.4 Å². The van der Waals surface area contributed by atoms with E-state index in [0.29, 0.717) is 6.67 Å². The molecular weight excluding hydrogens is 380 g/mol. The van der Waals surface area contributed by atoms with Gasteiger partial charge in [0.15, 0.2) is 0 Å². The fourth-order valence-corrected chi connectivity index (χ4v) is 5.44. The lowest BCUT2D eigenvalue weighted by Crippen LogP contribution is -2.59. The van der Waals surface area contributed by atoms with Gasteiger partial charge in [0.2, 0.25) is 0 Å². The number of hydrogen-bond donors (Lipinski definition) is 1. The van der Waals surface area contributed by atoms with Gasteiger partial charge in [-0.1, -0.05) is 20.3 Å². The fourth-order valence-electron chi connectivity index (χ4n) is 5.44. The van der Waals surface area contributed by atoms with Crippen molar-refractivity contribution >= 4 is 17.6 Å². The molecule has 164 valence electrons. The maximum absolute atomic E-state index is 13.4. The molecule has 3 fully saturated rings. The number of urea groups is 1. The zero-order valence-electron chi connectivity index (χ0n) is 18.4. The first-order chi connectivity index (χ1) is 14.5. The summed E-state index contributed by atoms with van der Waals surface area (Å²) < 4.78 is 5.25. The standard InChI is InChI=1S/C23H34N4O3/c1-17-6-4-7-18(2)23(17)21(28)27(22(29)24-23)16-25-12-5-13-26(15-14-25)19-8-10-20(30-3)11-9-19/h8-11,17-18H,4-7,12-16H2,1-3H3,(H,24,29). The minimum Gasteiger partial charge on any atom is -0.497 e. The highest BCUT2D eigenvalue weighted by Crippen LogP contribution is 2.42. The summed E-state index contributed by atoms with van der Waals surface area (Å²) in [6.07, 6.45) is 4.10. The van der Waals surface area contributed by atoms with Crippen LogP contribution >= 0.6 is 0 Å². The number of anilines is 1. The molecule has 2 heterocycles. The molecule has 2 unspecified atom stereocenters. The van der Waals surface area contributed by atoms with Crippen molar-refractivity contribution in [3.63, 3.8) is 0 Å². The van der Waals surface area contributed by atoms with Crippen LogP contribution in [0.15, 0.2) is 24.3 Å². The molecule has 1 aromatic rings. The second kappa shape index (κ2) is 8.46. The molecule has 1 aliphatic carbocycles. The summed E-state index contributed by atoms with van der Waals surface area (Å²) in [6, 6.07) is 7.91. The third kappa shape index (κ3) is 3.64. The van der Waals surface area contributed by atoms with Crippen molar-refractivity contribution in [2.45, 2.75) is 45.1 Å². The lowest BCUT2D eigenvalue weighted by Gasteiger charge is -2.42. The molecule has 1 spiro atoms. The second-order valence-electron chi connectivity index (χ2n) is 9.06. The van der Waals surface area contributed by atoms with Crippen LogP contribution in [0.2, 0.25) is 0 Å². The molecule has 3 aliphatic rings. The Kier molecular flexibility index (Phi) is 5.91. The number of methoxy groups -OCH3 is 1. The van der Waals surface area contributed by atoms with Crippen molar-refractivity contribution in [1.29, 1.82) is 0 Å². The van der Waals surface area contributed by atoms with Gasteiger partial charge in [0.05, 0.1) is 13.8 Å². The highest BCUT2D eigenvalue weighted by molar-refractivity contribution is 6.07. The molecule has 3 amide bonds. The number of hydrogen-bond acceptors (Lipinski definition) is 5. The lowest BCUT2D eigenvalue weighted by molar-refractivity contribution is -0.138. The first-order valence-electron chi connectivity index (χ1n) is 11.2. The van der Waals surface area contributed by atoms with E-state index in [1.54, 1.807) is 7.11 Å². The third-order valence-corrected chi connectivity index (χ3v) is 7.35. The number of carbonyl (C=O) groups is 2. The molecule has 2 atom stereocenters. The monoisotopic (exact) mass is 414 g/mol. The van der Waals surface area contributed by atoms with E-state index in [1.807, 2.05) is 12.1 Å². The number of amides is 3. The molecule has 4 rings (SSSR count). The lowest BCUT2D eigenvalue weighted by atomic mass is 9.67. The third-order valence-electron chi connectivity index (χ3n) is 7.35. The molecule has 2 saturated heterocycles. The van der Waals surface area contributed by atoms with Crippen LogP contribution in [0.25, 0.3) is 0 Å². The van der Waals surface area contributed by atoms with Crippen LogP contribution in [-0.2, 0) is 4.79 Å². The average molecular weight is 415 g/mol. The Morgan fingerprint density at radius 2 is 1.70 bits per heavy atom. The molecule has 7 nitrogen and oxygen atoms in total. The molecule has 0 aromatic heterocycles. The van der Waals surface area contributed by atoms with Crippen molar-refractivity contribution in [2.24, 2.45) is 11.8 Å². The summed E-state index contributed by atoms with van der Waals surface area (Å²) >= 11 is 0. The van der Waals surface area contributed by atoms with Gasteiger partial charge in [-0.15, -0.1) is 0 Å². The maximum atomic E-state index is 13.4. The SMILES string of the molecule is COc1ccc(N2CCCN(CN3C(=O)NC4(C3=O)C(C)CCCC4C)CC2)cc1. The van der Waals surface area contributed by atoms with Crippen LogP contribution in [0.4, 0.5) is 10.5 Å². The Morgan fingerprint density at radius 3 is 2.37 bits per heavy atom. The Balaban J connectivity index is 1.41. The minimum atomic E-state index is -0.712. The van der Waals surface area contributed by atoms with E-state index in [2.05, 4.69) is 41.1 Å². The predicted octanol–water partition coefficient (Wildman–Crippen LogP) is 2.91. The van der Waals surface area contributed by atoms with Gasteiger partial charge in [0, 0.05) is 31.9 Å². The largest absolute Gasteiger partial charge is 0.497 e. The van der Waals surface area contributed by atoms with Crippen LogP contribution in [-0.4, -0.2) is 67.2 Å². The Labute approximate surface area is 179 Å². The summed E-state index contributed by atoms with van der Waals surface area (Å²) in [7, 11) is 1.67. The number of benzene rings is 1. The van der Waals surface area contributed by atoms with Crippen LogP contribution in [0.1, 0.15) is 39.5 Å². The zero-order valence-corrected chi connectivity index (χ0v) is 18.4. The van der Waals surface area contributed by atoms with E-state index in [-0.39, 0.29) is 23.8 Å². The Bertz CT molecular complexity index is 771. The maximum Gasteiger partial charge on any atom is 0.326 e. The highest BCUT2D eigenvalue weighted by Gasteiger charge is 2.58. The summed E-state index contributed by atoms with van der Waals surface area (Å²) in [5, 5.41) is 3.11. The number of rotatable bonds is 4. The molecule has 1 aromatic carbocycles. The number of ether oxygens (including phenoxy) is 1. The average Bonchev–Trinajstić information content (AvgIpc) is 2.90. The van der Waals surface area contributed by atoms with Crippen molar-refractivity contribution in [2.75, 3.05) is 44.9 Å². The smallest absolute Gasteiger partial charge is 0.326 e. The first kappa shape index (κ1) is 21.0. The first-order valence-corrected chi connectivity index (χ1v) is 11.2. The molecule has 1 N–H and O–H groups in total. The predicted molar refractivity (Wildman–Crippen MR) is 117 cm³/mol. The van der Waals surface area contributed by atoms with Crippen LogP contribution in [0.3, 0.4) is 0 Å². The van der Waals surface area contributed by atoms with Gasteiger partial charge in [-0.3, -0.25) is 9.69 Å². The quantitative estimate of drug-likeness (QED) is 0.768. The topological polar surface area (TPSA) is 65.1 Å². The van der Waals surface area contributed by atoms with Crippen molar-refractivity contribution in [1.82, 2.24) is 15.1 Å². The normalized spacial score (nSPS) is 30.5. The molecule has 0 radical (unpaired) electrons. The van der Waals surface area contributed by atoms with Crippen LogP contribution in [0.5, 0.6) is 5.75 Å². The van der Waals surface area contributed by atoms with E-state index in [4.69, 9.17) is 4.74 Å². The van der Waals surface area contributed by atoms with Crippen molar-refractivity contribution in [3.05, 3.63) is 24.3 Å². The molecule has 30 heavy (non-hydrogen) atoms. The van der Waals surface area contributed by atoms with E-state index in [9.17, 15) is 9.59 Å². The van der Waals surface area contributed by atoms with Gasteiger partial charge < -0.3 is 15.0 Å². The summed E-state index contributed by atoms with van der Waals surface area (Å²) in [6.45, 7) is 8.12. The fraction of sp³-hybridized carbons (Fsp3) is 0.652. The van der Waals surface area contributed by atoms with Crippen LogP contribution in [0, 0.1) is 11.8 Å². The number of nitrogens with one attached hydrogen (secondary N) is 1. The molecule has 2 aliphatic heterocycles. The highest BCUT2D eigenvalue weighted by atomic mass is 16.5. The van der Waals surface area contributed by atoms with E-state index < -0.39 is 5.54 Å². The van der Waals surface area contributed by atoms with Gasteiger partial charge in [-0.25, -0.2) is 9.69 Å². The number of carbonyl (C=O) groups excluding carboxylic acids is 2. The Hall–Kier alpha value is -2.28. The molecule has 7 heteroatoms. The summed E-state index contributed by atoms with van der Waals surface area (Å²) in [4.78, 5) is 32.3. The number of nitrogens with zero attached hydrogens (tertiary/aromatic N) is 3. The Morgan fingerprint density at radius 1 is 1.00 bits per heavy atom. The van der Waals surface area contributed by atoms with E-state index >= 15 is 0 Å². The summed E-state index contributed by atoms with van der Waals surface area (Å²) in [5.41, 5.74) is 0.465. The minimum absolute atomic E-state index is 0.0246. The molecular formula is C23H34N4O3. The van der Waals surface area contributed by atoms with Crippen LogP contribution < -0.4 is 15.0 Å². The number of imide groups is 1. The van der Waals surface area contributed by atoms with E-state index in [1.165, 1.54) is 10.6 Å². The van der Waals surface area contributed by atoms with Gasteiger partial charge in [0.1, 0.15) is 11.3 Å². The second-order valence-corrected chi connectivity index (χ2v) is 9.06. The zero-order chi connectivity index (χ0) is 21.3. The molecule has 0 bridgehead atoms. The van der Waals surface area contributed by atoms with Crippen molar-refractivity contribution < 1.29 is 14.3 Å². The summed E-state index contributed by atoms with van der Waals surface area (Å²) in [5.74, 6) is 1.19. The molecule has 1 saturated carbocycles. The van der Waals surface area contributed by atoms with Crippen molar-refractivity contribution in [3.8, 4) is 5.75 Å². The van der Waals surface area contributed by atoms with Gasteiger partial charge in [0.25, 0.3) is 5.91 Å².